The Balaban J connectivity index is 2.27. The minimum Gasteiger partial charge on any atom is -0.353 e. The number of hydrogen-bond donors (Lipinski definition) is 2. The zero-order chi connectivity index (χ0) is 14.5. The van der Waals surface area contributed by atoms with Crippen LogP contribution in [0.3, 0.4) is 0 Å². The Morgan fingerprint density at radius 2 is 1.70 bits per heavy atom. The monoisotopic (exact) mass is 280 g/mol. The van der Waals surface area contributed by atoms with Gasteiger partial charge in [0, 0.05) is 12.3 Å². The molecule has 0 spiro atoms. The van der Waals surface area contributed by atoms with Gasteiger partial charge in [0.15, 0.2) is 0 Å². The molecule has 0 unspecified atom stereocenters. The second-order valence-corrected chi connectivity index (χ2v) is 5.57. The third kappa shape index (κ3) is 8.18. The van der Waals surface area contributed by atoms with Crippen LogP contribution in [0.4, 0.5) is 0 Å². The van der Waals surface area contributed by atoms with E-state index in [9.17, 15) is 0 Å². The van der Waals surface area contributed by atoms with E-state index in [1.807, 2.05) is 0 Å². The van der Waals surface area contributed by atoms with Crippen LogP contribution in [0.15, 0.2) is 10.1 Å². The Morgan fingerprint density at radius 1 is 1.05 bits per heavy atom. The number of aliphatic imine (C=N–C) groups is 1. The Kier molecular flexibility index (Phi) is 9.98. The molecule has 0 aromatic carbocycles. The van der Waals surface area contributed by atoms with E-state index in [2.05, 4.69) is 34.7 Å². The fourth-order valence-corrected chi connectivity index (χ4v) is 2.35. The molecule has 0 atom stereocenters. The summed E-state index contributed by atoms with van der Waals surface area (Å²) in [4.78, 5) is 4.31. The summed E-state index contributed by atoms with van der Waals surface area (Å²) in [7, 11) is 0. The Labute approximate surface area is 124 Å². The number of guanidine groups is 1. The normalized spacial score (nSPS) is 15.1. The van der Waals surface area contributed by atoms with Crippen molar-refractivity contribution in [3.63, 3.8) is 0 Å². The molecule has 0 saturated heterocycles. The lowest BCUT2D eigenvalue weighted by Crippen LogP contribution is -2.30. The van der Waals surface area contributed by atoms with Crippen molar-refractivity contribution in [3.05, 3.63) is 0 Å². The van der Waals surface area contributed by atoms with E-state index in [0.29, 0.717) is 0 Å². The van der Waals surface area contributed by atoms with Crippen LogP contribution in [-0.2, 0) is 0 Å². The number of nitrogens with one attached hydrogen (secondary N) is 2. The molecule has 116 valence electrons. The first-order valence-corrected chi connectivity index (χ1v) is 8.46. The topological polar surface area (TPSA) is 48.8 Å². The summed E-state index contributed by atoms with van der Waals surface area (Å²) in [6, 6.07) is 0. The highest BCUT2D eigenvalue weighted by Crippen LogP contribution is 2.10. The fraction of sp³-hybridized carbons (Fsp3) is 0.875. The number of hydrogen-bond acceptors (Lipinski definition) is 4. The Hall–Kier alpha value is -1.06. The van der Waals surface area contributed by atoms with Crippen molar-refractivity contribution in [2.45, 2.75) is 78.1 Å². The lowest BCUT2D eigenvalue weighted by Gasteiger charge is -2.08. The van der Waals surface area contributed by atoms with Crippen LogP contribution in [0.2, 0.25) is 0 Å². The second kappa shape index (κ2) is 11.7. The van der Waals surface area contributed by atoms with Crippen LogP contribution >= 0.6 is 0 Å². The third-order valence-electron chi connectivity index (χ3n) is 3.63. The average Bonchev–Trinajstić information content (AvgIpc) is 2.97. The van der Waals surface area contributed by atoms with Gasteiger partial charge in [0.2, 0.25) is 5.96 Å². The van der Waals surface area contributed by atoms with Crippen molar-refractivity contribution < 1.29 is 0 Å². The highest BCUT2D eigenvalue weighted by atomic mass is 15.4. The number of nitrogens with zero attached hydrogens (tertiary/aromatic N) is 2. The first-order chi connectivity index (χ1) is 9.86. The molecule has 1 aliphatic rings. The molecular formula is C16H32N4. The second-order valence-electron chi connectivity index (χ2n) is 5.57. The zero-order valence-electron chi connectivity index (χ0n) is 13.4. The molecule has 0 aromatic rings. The van der Waals surface area contributed by atoms with Gasteiger partial charge in [-0.15, -0.1) is 0 Å². The summed E-state index contributed by atoms with van der Waals surface area (Å²) < 4.78 is 0. The van der Waals surface area contributed by atoms with Crippen LogP contribution in [0.1, 0.15) is 78.1 Å². The molecule has 20 heavy (non-hydrogen) atoms. The molecule has 1 heterocycles. The van der Waals surface area contributed by atoms with Gasteiger partial charge in [0.1, 0.15) is 0 Å². The number of unbranched alkanes of at least 4 members (excludes halogenated alkanes) is 6. The van der Waals surface area contributed by atoms with E-state index in [-0.39, 0.29) is 0 Å². The van der Waals surface area contributed by atoms with Crippen molar-refractivity contribution in [1.29, 1.82) is 0 Å². The maximum absolute atomic E-state index is 4.57. The summed E-state index contributed by atoms with van der Waals surface area (Å²) in [6.07, 6.45) is 12.7. The van der Waals surface area contributed by atoms with Gasteiger partial charge in [-0.3, -0.25) is 0 Å². The minimum atomic E-state index is 0.837. The summed E-state index contributed by atoms with van der Waals surface area (Å²) >= 11 is 0. The quantitative estimate of drug-likeness (QED) is 0.343. The van der Waals surface area contributed by atoms with Crippen molar-refractivity contribution >= 4 is 11.7 Å². The molecular weight excluding hydrogens is 248 g/mol. The highest BCUT2D eigenvalue weighted by Gasteiger charge is 2.05. The summed E-state index contributed by atoms with van der Waals surface area (Å²) in [5.74, 6) is 0.837. The van der Waals surface area contributed by atoms with E-state index in [0.717, 1.165) is 31.9 Å². The molecule has 4 nitrogen and oxygen atoms in total. The summed E-state index contributed by atoms with van der Waals surface area (Å²) in [6.45, 7) is 6.30. The van der Waals surface area contributed by atoms with Gasteiger partial charge >= 0.3 is 0 Å². The van der Waals surface area contributed by atoms with E-state index in [1.165, 1.54) is 57.1 Å². The largest absolute Gasteiger partial charge is 0.353 e. The highest BCUT2D eigenvalue weighted by molar-refractivity contribution is 5.87. The SMILES string of the molecule is CCCCCCC/C(CCCCC)=N/NC1=NCCN1. The van der Waals surface area contributed by atoms with Gasteiger partial charge in [-0.05, 0) is 25.7 Å². The fourth-order valence-electron chi connectivity index (χ4n) is 2.35. The molecule has 1 aliphatic heterocycles. The molecule has 0 aliphatic carbocycles. The van der Waals surface area contributed by atoms with Gasteiger partial charge in [0.25, 0.3) is 0 Å². The summed E-state index contributed by atoms with van der Waals surface area (Å²) in [5, 5.41) is 7.76. The zero-order valence-corrected chi connectivity index (χ0v) is 13.4. The maximum atomic E-state index is 4.57. The van der Waals surface area contributed by atoms with E-state index in [4.69, 9.17) is 0 Å². The minimum absolute atomic E-state index is 0.837. The predicted octanol–water partition coefficient (Wildman–Crippen LogP) is 3.83. The van der Waals surface area contributed by atoms with Crippen LogP contribution in [0, 0.1) is 0 Å². The first-order valence-electron chi connectivity index (χ1n) is 8.46. The smallest absolute Gasteiger partial charge is 0.212 e. The van der Waals surface area contributed by atoms with Crippen LogP contribution < -0.4 is 10.7 Å². The van der Waals surface area contributed by atoms with Crippen molar-refractivity contribution in [2.75, 3.05) is 13.1 Å². The number of hydrazone groups is 1. The van der Waals surface area contributed by atoms with Gasteiger partial charge in [-0.25, -0.2) is 10.4 Å². The summed E-state index contributed by atoms with van der Waals surface area (Å²) in [5.41, 5.74) is 4.40. The molecule has 0 aromatic heterocycles. The van der Waals surface area contributed by atoms with Gasteiger partial charge in [-0.2, -0.15) is 5.10 Å². The van der Waals surface area contributed by atoms with E-state index in [1.54, 1.807) is 0 Å². The lowest BCUT2D eigenvalue weighted by atomic mass is 10.0. The predicted molar refractivity (Wildman–Crippen MR) is 88.4 cm³/mol. The van der Waals surface area contributed by atoms with Gasteiger partial charge < -0.3 is 5.32 Å². The lowest BCUT2D eigenvalue weighted by molar-refractivity contribution is 0.637. The van der Waals surface area contributed by atoms with Crippen molar-refractivity contribution in [2.24, 2.45) is 10.1 Å². The molecule has 0 bridgehead atoms. The van der Waals surface area contributed by atoms with Crippen molar-refractivity contribution in [1.82, 2.24) is 10.7 Å². The standard InChI is InChI=1S/C16H32N4/c1-3-5-7-8-10-12-15(11-9-6-4-2)19-20-16-17-13-14-18-16/h3-14H2,1-2H3,(H2,17,18,20)/b19-15+. The van der Waals surface area contributed by atoms with Gasteiger partial charge in [0.05, 0.1) is 6.54 Å². The Bertz CT molecular complexity index is 297. The van der Waals surface area contributed by atoms with E-state index < -0.39 is 0 Å². The molecule has 1 rings (SSSR count). The molecule has 2 N–H and O–H groups in total. The molecule has 0 saturated carbocycles. The molecule has 4 heteroatoms. The van der Waals surface area contributed by atoms with Crippen LogP contribution in [0.25, 0.3) is 0 Å². The molecule has 0 radical (unpaired) electrons. The van der Waals surface area contributed by atoms with Gasteiger partial charge in [-0.1, -0.05) is 52.4 Å². The first kappa shape index (κ1) is 17.0. The van der Waals surface area contributed by atoms with E-state index >= 15 is 0 Å². The maximum Gasteiger partial charge on any atom is 0.212 e. The Morgan fingerprint density at radius 3 is 2.35 bits per heavy atom. The number of rotatable bonds is 11. The molecule has 0 amide bonds. The van der Waals surface area contributed by atoms with Crippen molar-refractivity contribution in [3.8, 4) is 0 Å². The third-order valence-corrected chi connectivity index (χ3v) is 3.63. The van der Waals surface area contributed by atoms with Crippen LogP contribution in [0.5, 0.6) is 0 Å². The average molecular weight is 280 g/mol. The molecule has 0 fully saturated rings. The van der Waals surface area contributed by atoms with Crippen LogP contribution in [-0.4, -0.2) is 24.8 Å².